The molecule has 1 aliphatic carbocycles. The van der Waals surface area contributed by atoms with Crippen LogP contribution in [0.5, 0.6) is 0 Å². The molecule has 0 aliphatic heterocycles. The molecular weight excluding hydrogens is 228 g/mol. The highest BCUT2D eigenvalue weighted by Gasteiger charge is 2.28. The Hall–Kier alpha value is -1.78. The van der Waals surface area contributed by atoms with E-state index in [2.05, 4.69) is 17.2 Å². The van der Waals surface area contributed by atoms with Crippen molar-refractivity contribution >= 4 is 17.4 Å². The van der Waals surface area contributed by atoms with Gasteiger partial charge in [-0.05, 0) is 24.3 Å². The summed E-state index contributed by atoms with van der Waals surface area (Å²) < 4.78 is 0. The van der Waals surface area contributed by atoms with Gasteiger partial charge in [-0.3, -0.25) is 4.79 Å². The van der Waals surface area contributed by atoms with Crippen molar-refractivity contribution in [3.8, 4) is 0 Å². The first-order chi connectivity index (χ1) is 8.50. The lowest BCUT2D eigenvalue weighted by Crippen LogP contribution is -2.24. The van der Waals surface area contributed by atoms with E-state index in [-0.39, 0.29) is 0 Å². The van der Waals surface area contributed by atoms with E-state index in [4.69, 9.17) is 11.5 Å². The predicted octanol–water partition coefficient (Wildman–Crippen LogP) is 1.75. The maximum Gasteiger partial charge on any atom is 0.250 e. The Morgan fingerprint density at radius 2 is 2.17 bits per heavy atom. The number of amides is 1. The van der Waals surface area contributed by atoms with Crippen LogP contribution in [-0.4, -0.2) is 17.4 Å². The van der Waals surface area contributed by atoms with Gasteiger partial charge in [0, 0.05) is 6.54 Å². The van der Waals surface area contributed by atoms with Crippen molar-refractivity contribution < 1.29 is 4.79 Å². The Morgan fingerprint density at radius 1 is 1.50 bits per heavy atom. The fourth-order valence-corrected chi connectivity index (χ4v) is 2.53. The summed E-state index contributed by atoms with van der Waals surface area (Å²) in [6.07, 6.45) is 6.57. The molecule has 98 valence electrons. The molecule has 0 saturated heterocycles. The monoisotopic (exact) mass is 248 g/mol. The van der Waals surface area contributed by atoms with E-state index in [0.717, 1.165) is 6.54 Å². The number of hydrogen-bond acceptors (Lipinski definition) is 4. The van der Waals surface area contributed by atoms with E-state index in [1.54, 1.807) is 6.20 Å². The number of carbonyl (C=O) groups is 1. The molecule has 1 saturated carbocycles. The lowest BCUT2D eigenvalue weighted by atomic mass is 9.89. The molecule has 1 amide bonds. The van der Waals surface area contributed by atoms with E-state index in [1.807, 2.05) is 0 Å². The first-order valence-corrected chi connectivity index (χ1v) is 6.29. The normalized spacial score (nSPS) is 17.6. The molecule has 5 nitrogen and oxygen atoms in total. The highest BCUT2D eigenvalue weighted by molar-refractivity contribution is 5.98. The van der Waals surface area contributed by atoms with Gasteiger partial charge >= 0.3 is 0 Å². The Balaban J connectivity index is 2.11. The van der Waals surface area contributed by atoms with Gasteiger partial charge < -0.3 is 16.8 Å². The molecule has 1 aliphatic rings. The molecule has 0 aromatic carbocycles. The number of primary amides is 1. The summed E-state index contributed by atoms with van der Waals surface area (Å²) in [5.41, 5.74) is 12.3. The van der Waals surface area contributed by atoms with Gasteiger partial charge in [-0.25, -0.2) is 4.98 Å². The van der Waals surface area contributed by atoms with Crippen LogP contribution in [-0.2, 0) is 0 Å². The van der Waals surface area contributed by atoms with Crippen molar-refractivity contribution in [2.45, 2.75) is 32.6 Å². The fourth-order valence-electron chi connectivity index (χ4n) is 2.53. The van der Waals surface area contributed by atoms with E-state index in [0.29, 0.717) is 22.5 Å². The maximum absolute atomic E-state index is 11.3. The van der Waals surface area contributed by atoms with Gasteiger partial charge in [0.05, 0.1) is 17.4 Å². The first-order valence-electron chi connectivity index (χ1n) is 6.29. The zero-order chi connectivity index (χ0) is 13.2. The van der Waals surface area contributed by atoms with Crippen LogP contribution in [0.25, 0.3) is 0 Å². The number of pyridine rings is 1. The van der Waals surface area contributed by atoms with E-state index in [1.165, 1.54) is 31.7 Å². The van der Waals surface area contributed by atoms with Crippen molar-refractivity contribution in [2.75, 3.05) is 17.6 Å². The van der Waals surface area contributed by atoms with Gasteiger partial charge in [-0.1, -0.05) is 19.8 Å². The van der Waals surface area contributed by atoms with E-state index in [9.17, 15) is 4.79 Å². The minimum absolute atomic E-state index is 0.302. The number of nitrogens with zero attached hydrogens (tertiary/aromatic N) is 1. The zero-order valence-corrected chi connectivity index (χ0v) is 10.7. The van der Waals surface area contributed by atoms with Gasteiger partial charge in [0.25, 0.3) is 5.91 Å². The van der Waals surface area contributed by atoms with Crippen LogP contribution in [0.1, 0.15) is 43.0 Å². The fraction of sp³-hybridized carbons (Fsp3) is 0.538. The summed E-state index contributed by atoms with van der Waals surface area (Å²) in [7, 11) is 0. The number of aromatic nitrogens is 1. The Bertz CT molecular complexity index is 452. The van der Waals surface area contributed by atoms with Crippen LogP contribution in [0.2, 0.25) is 0 Å². The number of nitrogens with one attached hydrogen (secondary N) is 1. The lowest BCUT2D eigenvalue weighted by Gasteiger charge is -2.24. The number of anilines is 2. The third-order valence-corrected chi connectivity index (χ3v) is 3.71. The van der Waals surface area contributed by atoms with Crippen molar-refractivity contribution in [1.82, 2.24) is 4.98 Å². The van der Waals surface area contributed by atoms with Gasteiger partial charge in [0.15, 0.2) is 0 Å². The van der Waals surface area contributed by atoms with Gasteiger partial charge in [0.2, 0.25) is 0 Å². The Kier molecular flexibility index (Phi) is 3.41. The Labute approximate surface area is 107 Å². The topological polar surface area (TPSA) is 94.0 Å². The van der Waals surface area contributed by atoms with Crippen molar-refractivity contribution in [3.05, 3.63) is 17.8 Å². The van der Waals surface area contributed by atoms with Crippen molar-refractivity contribution in [3.63, 3.8) is 0 Å². The Morgan fingerprint density at radius 3 is 2.78 bits per heavy atom. The number of hydrogen-bond donors (Lipinski definition) is 3. The summed E-state index contributed by atoms with van der Waals surface area (Å²) >= 11 is 0. The average molecular weight is 248 g/mol. The van der Waals surface area contributed by atoms with E-state index >= 15 is 0 Å². The van der Waals surface area contributed by atoms with Crippen LogP contribution in [0.4, 0.5) is 11.5 Å². The van der Waals surface area contributed by atoms with Crippen LogP contribution in [0.15, 0.2) is 12.3 Å². The second kappa shape index (κ2) is 4.84. The van der Waals surface area contributed by atoms with Crippen LogP contribution in [0, 0.1) is 5.41 Å². The molecule has 2 rings (SSSR count). The summed E-state index contributed by atoms with van der Waals surface area (Å²) in [6.45, 7) is 3.10. The average Bonchev–Trinajstić information content (AvgIpc) is 2.75. The first kappa shape index (κ1) is 12.7. The lowest BCUT2D eigenvalue weighted by molar-refractivity contribution is 0.100. The third-order valence-electron chi connectivity index (χ3n) is 3.71. The summed E-state index contributed by atoms with van der Waals surface area (Å²) in [6, 6.07) is 1.52. The third kappa shape index (κ3) is 2.72. The smallest absolute Gasteiger partial charge is 0.250 e. The van der Waals surface area contributed by atoms with Gasteiger partial charge in [-0.2, -0.15) is 0 Å². The van der Waals surface area contributed by atoms with Gasteiger partial charge in [-0.15, -0.1) is 0 Å². The molecule has 5 N–H and O–H groups in total. The molecule has 0 unspecified atom stereocenters. The molecule has 1 heterocycles. The number of carbonyl (C=O) groups excluding carboxylic acids is 1. The predicted molar refractivity (Wildman–Crippen MR) is 72.2 cm³/mol. The van der Waals surface area contributed by atoms with Crippen LogP contribution >= 0.6 is 0 Å². The van der Waals surface area contributed by atoms with Crippen LogP contribution < -0.4 is 16.8 Å². The molecule has 18 heavy (non-hydrogen) atoms. The molecule has 0 atom stereocenters. The molecule has 1 aromatic heterocycles. The number of rotatable bonds is 4. The van der Waals surface area contributed by atoms with Gasteiger partial charge in [0.1, 0.15) is 5.82 Å². The van der Waals surface area contributed by atoms with E-state index < -0.39 is 5.91 Å². The molecule has 0 bridgehead atoms. The molecule has 1 fully saturated rings. The largest absolute Gasteiger partial charge is 0.384 e. The van der Waals surface area contributed by atoms with Crippen molar-refractivity contribution in [2.24, 2.45) is 11.1 Å². The molecular formula is C13H20N4O. The highest BCUT2D eigenvalue weighted by atomic mass is 16.1. The molecule has 5 heteroatoms. The van der Waals surface area contributed by atoms with Crippen molar-refractivity contribution in [1.29, 1.82) is 0 Å². The zero-order valence-electron chi connectivity index (χ0n) is 10.7. The SMILES string of the molecule is CC1(CNc2cnc(N)cc2C(N)=O)CCCC1. The number of nitrogens with two attached hydrogens (primary N) is 2. The minimum Gasteiger partial charge on any atom is -0.384 e. The number of nitrogen functional groups attached to an aromatic ring is 1. The molecule has 0 radical (unpaired) electrons. The highest BCUT2D eigenvalue weighted by Crippen LogP contribution is 2.37. The second-order valence-corrected chi connectivity index (χ2v) is 5.39. The maximum atomic E-state index is 11.3. The summed E-state index contributed by atoms with van der Waals surface area (Å²) in [5.74, 6) is -0.176. The minimum atomic E-state index is -0.483. The van der Waals surface area contributed by atoms with Crippen LogP contribution in [0.3, 0.4) is 0 Å². The standard InChI is InChI=1S/C13H20N4O/c1-13(4-2-3-5-13)8-17-10-7-16-11(14)6-9(10)12(15)18/h6-7,17H,2-5,8H2,1H3,(H2,14,16)(H2,15,18). The molecule has 1 aromatic rings. The quantitative estimate of drug-likeness (QED) is 0.756. The molecule has 0 spiro atoms. The summed E-state index contributed by atoms with van der Waals surface area (Å²) in [4.78, 5) is 15.3. The second-order valence-electron chi connectivity index (χ2n) is 5.39. The summed E-state index contributed by atoms with van der Waals surface area (Å²) in [5, 5.41) is 3.29.